The Balaban J connectivity index is 2.20. The minimum absolute atomic E-state index is 0.0846. The average molecular weight is 281 g/mol. The van der Waals surface area contributed by atoms with Crippen LogP contribution in [-0.2, 0) is 7.05 Å². The topological polar surface area (TPSA) is 90.1 Å². The number of nitro groups is 1. The van der Waals surface area contributed by atoms with Crippen LogP contribution in [-0.4, -0.2) is 20.6 Å². The fraction of sp³-hybridized carbons (Fsp3) is 0.0909. The Kier molecular flexibility index (Phi) is 3.48. The molecule has 0 saturated carbocycles. The maximum atomic E-state index is 11.9. The maximum Gasteiger partial charge on any atom is 0.287 e. The minimum Gasteiger partial charge on any atom is -0.305 e. The molecule has 0 aliphatic carbocycles. The molecular formula is C11H9ClN4O3. The van der Waals surface area contributed by atoms with Crippen LogP contribution < -0.4 is 5.32 Å². The molecule has 1 amide bonds. The normalized spacial score (nSPS) is 10.2. The zero-order valence-electron chi connectivity index (χ0n) is 9.83. The molecule has 1 N–H and O–H groups in total. The molecule has 0 radical (unpaired) electrons. The van der Waals surface area contributed by atoms with Gasteiger partial charge in [0, 0.05) is 30.9 Å². The van der Waals surface area contributed by atoms with E-state index in [1.54, 1.807) is 24.0 Å². The summed E-state index contributed by atoms with van der Waals surface area (Å²) in [5, 5.41) is 17.1. The number of hydrogen-bond donors (Lipinski definition) is 1. The first kappa shape index (κ1) is 13.0. The van der Waals surface area contributed by atoms with Crippen LogP contribution in [0.3, 0.4) is 0 Å². The molecule has 8 heteroatoms. The van der Waals surface area contributed by atoms with Crippen LogP contribution in [0, 0.1) is 10.1 Å². The number of benzene rings is 1. The zero-order chi connectivity index (χ0) is 14.0. The van der Waals surface area contributed by atoms with E-state index in [4.69, 9.17) is 11.6 Å². The lowest BCUT2D eigenvalue weighted by atomic mass is 10.2. The minimum atomic E-state index is -0.608. The SMILES string of the molecule is Cn1ccc(NC(=O)c2ccc([N+](=O)[O-])c(Cl)c2)n1. The van der Waals surface area contributed by atoms with Gasteiger partial charge in [-0.15, -0.1) is 0 Å². The third kappa shape index (κ3) is 2.89. The first-order valence-corrected chi connectivity index (χ1v) is 5.60. The van der Waals surface area contributed by atoms with Gasteiger partial charge in [-0.3, -0.25) is 19.6 Å². The van der Waals surface area contributed by atoms with Crippen LogP contribution in [0.5, 0.6) is 0 Å². The fourth-order valence-electron chi connectivity index (χ4n) is 1.47. The zero-order valence-corrected chi connectivity index (χ0v) is 10.6. The van der Waals surface area contributed by atoms with Crippen molar-refractivity contribution in [3.05, 3.63) is 51.2 Å². The van der Waals surface area contributed by atoms with E-state index in [9.17, 15) is 14.9 Å². The molecule has 98 valence electrons. The smallest absolute Gasteiger partial charge is 0.287 e. The lowest BCUT2D eigenvalue weighted by Gasteiger charge is -2.02. The lowest BCUT2D eigenvalue weighted by molar-refractivity contribution is -0.384. The van der Waals surface area contributed by atoms with Crippen molar-refractivity contribution in [1.82, 2.24) is 9.78 Å². The molecule has 0 aliphatic rings. The number of nitrogens with one attached hydrogen (secondary N) is 1. The van der Waals surface area contributed by atoms with E-state index in [1.165, 1.54) is 18.2 Å². The Hall–Kier alpha value is -2.41. The van der Waals surface area contributed by atoms with Crippen LogP contribution in [0.25, 0.3) is 0 Å². The summed E-state index contributed by atoms with van der Waals surface area (Å²) in [5.74, 6) is -0.0440. The third-order valence-corrected chi connectivity index (χ3v) is 2.66. The van der Waals surface area contributed by atoms with Crippen molar-refractivity contribution in [2.45, 2.75) is 0 Å². The van der Waals surface area contributed by atoms with Gasteiger partial charge in [-0.25, -0.2) is 0 Å². The fourth-order valence-corrected chi connectivity index (χ4v) is 1.72. The van der Waals surface area contributed by atoms with Crippen molar-refractivity contribution in [1.29, 1.82) is 0 Å². The number of halogens is 1. The highest BCUT2D eigenvalue weighted by Gasteiger charge is 2.15. The van der Waals surface area contributed by atoms with Gasteiger partial charge in [0.25, 0.3) is 11.6 Å². The molecule has 0 unspecified atom stereocenters. The van der Waals surface area contributed by atoms with Crippen molar-refractivity contribution < 1.29 is 9.72 Å². The molecule has 2 aromatic rings. The van der Waals surface area contributed by atoms with Crippen LogP contribution in [0.15, 0.2) is 30.5 Å². The van der Waals surface area contributed by atoms with Gasteiger partial charge in [0.05, 0.1) is 4.92 Å². The van der Waals surface area contributed by atoms with Gasteiger partial charge < -0.3 is 5.32 Å². The molecule has 7 nitrogen and oxygen atoms in total. The Morgan fingerprint density at radius 2 is 2.21 bits per heavy atom. The second kappa shape index (κ2) is 5.07. The molecule has 19 heavy (non-hydrogen) atoms. The molecule has 0 bridgehead atoms. The van der Waals surface area contributed by atoms with Gasteiger partial charge in [0.1, 0.15) is 5.02 Å². The quantitative estimate of drug-likeness (QED) is 0.689. The largest absolute Gasteiger partial charge is 0.305 e. The second-order valence-electron chi connectivity index (χ2n) is 3.75. The van der Waals surface area contributed by atoms with E-state index in [0.29, 0.717) is 5.82 Å². The first-order chi connectivity index (χ1) is 8.97. The number of rotatable bonds is 3. The van der Waals surface area contributed by atoms with Crippen LogP contribution in [0.2, 0.25) is 5.02 Å². The summed E-state index contributed by atoms with van der Waals surface area (Å²) in [5.41, 5.74) is -0.0164. The van der Waals surface area contributed by atoms with E-state index in [1.807, 2.05) is 0 Å². The maximum absolute atomic E-state index is 11.9. The summed E-state index contributed by atoms with van der Waals surface area (Å²) in [7, 11) is 1.72. The Bertz CT molecular complexity index is 653. The predicted molar refractivity (Wildman–Crippen MR) is 69.3 cm³/mol. The van der Waals surface area contributed by atoms with Gasteiger partial charge in [0.2, 0.25) is 0 Å². The molecule has 1 heterocycles. The van der Waals surface area contributed by atoms with Gasteiger partial charge in [-0.1, -0.05) is 11.6 Å². The molecule has 2 rings (SSSR count). The predicted octanol–water partition coefficient (Wildman–Crippen LogP) is 2.23. The van der Waals surface area contributed by atoms with Gasteiger partial charge >= 0.3 is 0 Å². The van der Waals surface area contributed by atoms with Crippen LogP contribution in [0.1, 0.15) is 10.4 Å². The van der Waals surface area contributed by atoms with Crippen LogP contribution >= 0.6 is 11.6 Å². The summed E-state index contributed by atoms with van der Waals surface area (Å²) in [6.45, 7) is 0. The van der Waals surface area contributed by atoms with E-state index >= 15 is 0 Å². The molecule has 0 spiro atoms. The number of nitrogens with zero attached hydrogens (tertiary/aromatic N) is 3. The number of aromatic nitrogens is 2. The Labute approximate surface area is 112 Å². The molecule has 0 fully saturated rings. The lowest BCUT2D eigenvalue weighted by Crippen LogP contribution is -2.12. The molecule has 1 aromatic carbocycles. The highest BCUT2D eigenvalue weighted by Crippen LogP contribution is 2.25. The number of aryl methyl sites for hydroxylation is 1. The van der Waals surface area contributed by atoms with Crippen molar-refractivity contribution in [2.24, 2.45) is 7.05 Å². The highest BCUT2D eigenvalue weighted by atomic mass is 35.5. The van der Waals surface area contributed by atoms with E-state index in [-0.39, 0.29) is 16.3 Å². The standard InChI is InChI=1S/C11H9ClN4O3/c1-15-5-4-10(14-15)13-11(17)7-2-3-9(16(18)19)8(12)6-7/h2-6H,1H3,(H,13,14,17). The second-order valence-corrected chi connectivity index (χ2v) is 4.16. The van der Waals surface area contributed by atoms with Gasteiger partial charge in [-0.05, 0) is 12.1 Å². The number of amides is 1. The number of hydrogen-bond acceptors (Lipinski definition) is 4. The van der Waals surface area contributed by atoms with Crippen molar-refractivity contribution in [3.63, 3.8) is 0 Å². The van der Waals surface area contributed by atoms with E-state index in [0.717, 1.165) is 0 Å². The number of carbonyl (C=O) groups is 1. The van der Waals surface area contributed by atoms with Crippen molar-refractivity contribution in [2.75, 3.05) is 5.32 Å². The van der Waals surface area contributed by atoms with E-state index < -0.39 is 10.8 Å². The third-order valence-electron chi connectivity index (χ3n) is 2.36. The number of anilines is 1. The monoisotopic (exact) mass is 280 g/mol. The summed E-state index contributed by atoms with van der Waals surface area (Å²) in [4.78, 5) is 21.9. The summed E-state index contributed by atoms with van der Waals surface area (Å²) in [6, 6.07) is 5.40. The van der Waals surface area contributed by atoms with E-state index in [2.05, 4.69) is 10.4 Å². The average Bonchev–Trinajstić information content (AvgIpc) is 2.74. The molecule has 0 atom stereocenters. The van der Waals surface area contributed by atoms with Gasteiger partial charge in [-0.2, -0.15) is 5.10 Å². The summed E-state index contributed by atoms with van der Waals surface area (Å²) >= 11 is 5.73. The van der Waals surface area contributed by atoms with Crippen molar-refractivity contribution in [3.8, 4) is 0 Å². The van der Waals surface area contributed by atoms with Gasteiger partial charge in [0.15, 0.2) is 5.82 Å². The molecular weight excluding hydrogens is 272 g/mol. The molecule has 0 saturated heterocycles. The molecule has 0 aliphatic heterocycles. The van der Waals surface area contributed by atoms with Crippen molar-refractivity contribution >= 4 is 29.0 Å². The first-order valence-electron chi connectivity index (χ1n) is 5.22. The van der Waals surface area contributed by atoms with Crippen LogP contribution in [0.4, 0.5) is 11.5 Å². The Morgan fingerprint density at radius 1 is 1.47 bits per heavy atom. The number of carbonyl (C=O) groups excluding carboxylic acids is 1. The summed E-state index contributed by atoms with van der Waals surface area (Å²) < 4.78 is 1.54. The molecule has 1 aromatic heterocycles. The Morgan fingerprint density at radius 3 is 2.74 bits per heavy atom. The summed E-state index contributed by atoms with van der Waals surface area (Å²) in [6.07, 6.45) is 1.68. The number of nitro benzene ring substituents is 1. The highest BCUT2D eigenvalue weighted by molar-refractivity contribution is 6.33.